The molecular formula is C17H14N2O2S. The molecule has 1 amide bonds. The van der Waals surface area contributed by atoms with Crippen LogP contribution >= 0.6 is 11.3 Å². The van der Waals surface area contributed by atoms with E-state index in [1.54, 1.807) is 12.0 Å². The lowest BCUT2D eigenvalue weighted by molar-refractivity contribution is 0.0992. The van der Waals surface area contributed by atoms with Gasteiger partial charge in [0.05, 0.1) is 12.0 Å². The summed E-state index contributed by atoms with van der Waals surface area (Å²) in [6, 6.07) is 11.7. The first-order chi connectivity index (χ1) is 10.8. The summed E-state index contributed by atoms with van der Waals surface area (Å²) >= 11 is 1.46. The topological polar surface area (TPSA) is 42.4 Å². The third-order valence-corrected chi connectivity index (χ3v) is 4.78. The highest BCUT2D eigenvalue weighted by atomic mass is 32.1. The van der Waals surface area contributed by atoms with Gasteiger partial charge in [0.1, 0.15) is 17.1 Å². The summed E-state index contributed by atoms with van der Waals surface area (Å²) in [5, 5.41) is 2.96. The highest BCUT2D eigenvalue weighted by Gasteiger charge is 2.28. The third kappa shape index (κ3) is 1.97. The monoisotopic (exact) mass is 310 g/mol. The van der Waals surface area contributed by atoms with Crippen LogP contribution in [-0.2, 0) is 6.42 Å². The van der Waals surface area contributed by atoms with E-state index in [4.69, 9.17) is 9.72 Å². The molecule has 0 fully saturated rings. The van der Waals surface area contributed by atoms with Crippen molar-refractivity contribution >= 4 is 34.0 Å². The maximum absolute atomic E-state index is 12.6. The number of methoxy groups -OCH3 is 1. The molecule has 4 nitrogen and oxygen atoms in total. The lowest BCUT2D eigenvalue weighted by Gasteiger charge is -2.16. The van der Waals surface area contributed by atoms with Crippen molar-refractivity contribution in [1.29, 1.82) is 0 Å². The smallest absolute Gasteiger partial charge is 0.269 e. The van der Waals surface area contributed by atoms with Gasteiger partial charge in [0.25, 0.3) is 5.91 Å². The Bertz CT molecular complexity index is 858. The molecule has 2 aromatic heterocycles. The zero-order chi connectivity index (χ0) is 15.1. The molecule has 0 aliphatic carbocycles. The minimum Gasteiger partial charge on any atom is -0.494 e. The predicted octanol–water partition coefficient (Wildman–Crippen LogP) is 3.51. The molecule has 3 heterocycles. The van der Waals surface area contributed by atoms with Crippen LogP contribution in [0, 0.1) is 0 Å². The first kappa shape index (κ1) is 13.3. The summed E-state index contributed by atoms with van der Waals surface area (Å²) in [4.78, 5) is 19.9. The van der Waals surface area contributed by atoms with Gasteiger partial charge in [-0.2, -0.15) is 0 Å². The van der Waals surface area contributed by atoms with Crippen molar-refractivity contribution in [2.45, 2.75) is 6.42 Å². The van der Waals surface area contributed by atoms with Crippen LogP contribution in [0.15, 0.2) is 41.8 Å². The summed E-state index contributed by atoms with van der Waals surface area (Å²) in [7, 11) is 1.64. The molecule has 0 saturated carbocycles. The van der Waals surface area contributed by atoms with Gasteiger partial charge in [0.2, 0.25) is 0 Å². The van der Waals surface area contributed by atoms with Crippen LogP contribution in [0.5, 0.6) is 5.75 Å². The molecule has 0 radical (unpaired) electrons. The number of hydrogen-bond donors (Lipinski definition) is 0. The normalized spacial score (nSPS) is 13.4. The number of pyridine rings is 1. The number of thiophene rings is 1. The minimum absolute atomic E-state index is 0.0236. The summed E-state index contributed by atoms with van der Waals surface area (Å²) < 4.78 is 5.39. The number of nitrogens with zero attached hydrogens (tertiary/aromatic N) is 2. The summed E-state index contributed by atoms with van der Waals surface area (Å²) in [6.45, 7) is 0.678. The van der Waals surface area contributed by atoms with Crippen molar-refractivity contribution in [3.8, 4) is 5.75 Å². The highest BCUT2D eigenvalue weighted by molar-refractivity contribution is 7.12. The summed E-state index contributed by atoms with van der Waals surface area (Å²) in [6.07, 6.45) is 0.840. The summed E-state index contributed by atoms with van der Waals surface area (Å²) in [5.74, 6) is 1.52. The van der Waals surface area contributed by atoms with E-state index in [-0.39, 0.29) is 5.91 Å². The number of carbonyl (C=O) groups excluding carboxylic acids is 1. The van der Waals surface area contributed by atoms with E-state index >= 15 is 0 Å². The molecule has 110 valence electrons. The Morgan fingerprint density at radius 3 is 3.00 bits per heavy atom. The maximum atomic E-state index is 12.6. The maximum Gasteiger partial charge on any atom is 0.269 e. The number of aromatic nitrogens is 1. The molecule has 0 bridgehead atoms. The molecule has 1 aliphatic heterocycles. The Labute approximate surface area is 132 Å². The van der Waals surface area contributed by atoms with Gasteiger partial charge in [0, 0.05) is 11.9 Å². The van der Waals surface area contributed by atoms with Gasteiger partial charge in [-0.1, -0.05) is 18.2 Å². The van der Waals surface area contributed by atoms with Crippen molar-refractivity contribution in [2.75, 3.05) is 18.6 Å². The Hall–Kier alpha value is -2.40. The standard InChI is InChI=1S/C17H14N2O2S/c1-21-13-5-2-4-11-10-12-7-8-19(16(12)18-15(11)13)17(20)14-6-3-9-22-14/h2-6,9-10H,7-8H2,1H3. The Balaban J connectivity index is 1.84. The molecule has 3 aromatic rings. The fourth-order valence-electron chi connectivity index (χ4n) is 2.86. The van der Waals surface area contributed by atoms with Crippen LogP contribution in [0.1, 0.15) is 15.2 Å². The van der Waals surface area contributed by atoms with E-state index < -0.39 is 0 Å². The number of benzene rings is 1. The number of rotatable bonds is 2. The SMILES string of the molecule is COc1cccc2cc3c(nc12)N(C(=O)c1cccs1)CC3. The van der Waals surface area contributed by atoms with E-state index in [0.717, 1.165) is 39.3 Å². The van der Waals surface area contributed by atoms with Crippen LogP contribution in [-0.4, -0.2) is 24.5 Å². The molecule has 0 spiro atoms. The minimum atomic E-state index is 0.0236. The average molecular weight is 310 g/mol. The van der Waals surface area contributed by atoms with Crippen molar-refractivity contribution < 1.29 is 9.53 Å². The second-order valence-corrected chi connectivity index (χ2v) is 6.13. The van der Waals surface area contributed by atoms with Gasteiger partial charge in [-0.05, 0) is 35.6 Å². The van der Waals surface area contributed by atoms with Crippen molar-refractivity contribution in [1.82, 2.24) is 4.98 Å². The van der Waals surface area contributed by atoms with Gasteiger partial charge in [-0.3, -0.25) is 9.69 Å². The van der Waals surface area contributed by atoms with E-state index in [2.05, 4.69) is 6.07 Å². The molecule has 0 saturated heterocycles. The third-order valence-electron chi connectivity index (χ3n) is 3.92. The average Bonchev–Trinajstić information content (AvgIpc) is 3.21. The molecule has 1 aliphatic rings. The van der Waals surface area contributed by atoms with Crippen molar-refractivity contribution in [3.63, 3.8) is 0 Å². The van der Waals surface area contributed by atoms with Crippen LogP contribution in [0.25, 0.3) is 10.9 Å². The fourth-order valence-corrected chi connectivity index (χ4v) is 3.53. The molecule has 0 atom stereocenters. The van der Waals surface area contributed by atoms with Crippen LogP contribution in [0.3, 0.4) is 0 Å². The lowest BCUT2D eigenvalue weighted by atomic mass is 10.1. The molecule has 0 N–H and O–H groups in total. The number of anilines is 1. The van der Waals surface area contributed by atoms with Gasteiger partial charge < -0.3 is 4.74 Å². The van der Waals surface area contributed by atoms with Crippen LogP contribution in [0.4, 0.5) is 5.82 Å². The van der Waals surface area contributed by atoms with E-state index in [9.17, 15) is 4.79 Å². The summed E-state index contributed by atoms with van der Waals surface area (Å²) in [5.41, 5.74) is 1.92. The van der Waals surface area contributed by atoms with Gasteiger partial charge in [-0.25, -0.2) is 4.98 Å². The second-order valence-electron chi connectivity index (χ2n) is 5.19. The molecule has 0 unspecified atom stereocenters. The van der Waals surface area contributed by atoms with Gasteiger partial charge >= 0.3 is 0 Å². The lowest BCUT2D eigenvalue weighted by Crippen LogP contribution is -2.28. The Morgan fingerprint density at radius 1 is 1.32 bits per heavy atom. The largest absolute Gasteiger partial charge is 0.494 e. The van der Waals surface area contributed by atoms with Crippen molar-refractivity contribution in [3.05, 3.63) is 52.2 Å². The van der Waals surface area contributed by atoms with Gasteiger partial charge in [-0.15, -0.1) is 11.3 Å². The zero-order valence-electron chi connectivity index (χ0n) is 12.1. The number of carbonyl (C=O) groups is 1. The number of para-hydroxylation sites is 1. The Kier molecular flexibility index (Phi) is 3.08. The number of fused-ring (bicyclic) bond motifs is 2. The van der Waals surface area contributed by atoms with Crippen LogP contribution < -0.4 is 9.64 Å². The molecule has 4 rings (SSSR count). The quantitative estimate of drug-likeness (QED) is 0.727. The fraction of sp³-hybridized carbons (Fsp3) is 0.176. The second kappa shape index (κ2) is 5.10. The van der Waals surface area contributed by atoms with Crippen LogP contribution in [0.2, 0.25) is 0 Å². The van der Waals surface area contributed by atoms with Gasteiger partial charge in [0.15, 0.2) is 0 Å². The molecule has 5 heteroatoms. The van der Waals surface area contributed by atoms with Crippen molar-refractivity contribution in [2.24, 2.45) is 0 Å². The predicted molar refractivity (Wildman–Crippen MR) is 88.0 cm³/mol. The Morgan fingerprint density at radius 2 is 2.23 bits per heavy atom. The molecule has 1 aromatic carbocycles. The zero-order valence-corrected chi connectivity index (χ0v) is 12.9. The molecule has 22 heavy (non-hydrogen) atoms. The molecular weight excluding hydrogens is 296 g/mol. The number of ether oxygens (including phenoxy) is 1. The van der Waals surface area contributed by atoms with E-state index in [0.29, 0.717) is 6.54 Å². The van der Waals surface area contributed by atoms with E-state index in [1.807, 2.05) is 35.7 Å². The number of amides is 1. The first-order valence-electron chi connectivity index (χ1n) is 7.10. The van der Waals surface area contributed by atoms with E-state index in [1.165, 1.54) is 11.3 Å². The number of hydrogen-bond acceptors (Lipinski definition) is 4. The highest BCUT2D eigenvalue weighted by Crippen LogP contribution is 2.34. The first-order valence-corrected chi connectivity index (χ1v) is 7.98.